The van der Waals surface area contributed by atoms with Gasteiger partial charge < -0.3 is 5.32 Å². The minimum Gasteiger partial charge on any atom is -0.363 e. The molecule has 1 N–H and O–H groups in total. The van der Waals surface area contributed by atoms with Crippen LogP contribution < -0.4 is 5.32 Å². The number of aryl methyl sites for hydroxylation is 1. The van der Waals surface area contributed by atoms with E-state index in [1.54, 1.807) is 12.1 Å². The Hall–Kier alpha value is -1.90. The minimum atomic E-state index is -0.194. The maximum atomic E-state index is 13.6. The molecule has 1 aromatic heterocycles. The molecule has 0 amide bonds. The van der Waals surface area contributed by atoms with E-state index in [1.807, 2.05) is 38.1 Å². The van der Waals surface area contributed by atoms with Crippen molar-refractivity contribution in [2.24, 2.45) is 0 Å². The Bertz CT molecular complexity index is 511. The smallest absolute Gasteiger partial charge is 0.128 e. The second-order valence-corrected chi connectivity index (χ2v) is 4.05. The molecule has 2 rings (SSSR count). The summed E-state index contributed by atoms with van der Waals surface area (Å²) in [6.07, 6.45) is 0. The third kappa shape index (κ3) is 2.81. The normalized spacial score (nSPS) is 12.2. The average molecular weight is 230 g/mol. The Morgan fingerprint density at radius 1 is 1.12 bits per heavy atom. The number of nitrogens with zero attached hydrogens (tertiary/aromatic N) is 1. The Balaban J connectivity index is 2.17. The van der Waals surface area contributed by atoms with Gasteiger partial charge in [-0.2, -0.15) is 0 Å². The Morgan fingerprint density at radius 2 is 1.88 bits per heavy atom. The number of halogens is 1. The third-order valence-electron chi connectivity index (χ3n) is 2.62. The summed E-state index contributed by atoms with van der Waals surface area (Å²) in [5, 5.41) is 3.19. The summed E-state index contributed by atoms with van der Waals surface area (Å²) in [6, 6.07) is 12.4. The predicted octanol–water partition coefficient (Wildman–Crippen LogP) is 3.70. The standard InChI is InChI=1S/C14H15FN2/c1-10-6-5-9-14(16-10)17-11(2)12-7-3-4-8-13(12)15/h3-9,11H,1-2H3,(H,16,17). The number of aromatic nitrogens is 1. The lowest BCUT2D eigenvalue weighted by Crippen LogP contribution is -2.09. The van der Waals surface area contributed by atoms with Gasteiger partial charge >= 0.3 is 0 Å². The monoisotopic (exact) mass is 230 g/mol. The van der Waals surface area contributed by atoms with Crippen molar-refractivity contribution in [3.8, 4) is 0 Å². The molecule has 0 radical (unpaired) electrons. The van der Waals surface area contributed by atoms with Gasteiger partial charge in [-0.05, 0) is 32.0 Å². The van der Waals surface area contributed by atoms with Crippen molar-refractivity contribution in [2.45, 2.75) is 19.9 Å². The van der Waals surface area contributed by atoms with Crippen LogP contribution in [-0.4, -0.2) is 4.98 Å². The fraction of sp³-hybridized carbons (Fsp3) is 0.214. The van der Waals surface area contributed by atoms with Crippen molar-refractivity contribution in [2.75, 3.05) is 5.32 Å². The molecule has 88 valence electrons. The van der Waals surface area contributed by atoms with E-state index in [-0.39, 0.29) is 11.9 Å². The molecule has 2 aromatic rings. The minimum absolute atomic E-state index is 0.106. The maximum Gasteiger partial charge on any atom is 0.128 e. The van der Waals surface area contributed by atoms with E-state index in [0.29, 0.717) is 5.56 Å². The third-order valence-corrected chi connectivity index (χ3v) is 2.62. The molecule has 0 bridgehead atoms. The van der Waals surface area contributed by atoms with Crippen LogP contribution in [-0.2, 0) is 0 Å². The lowest BCUT2D eigenvalue weighted by atomic mass is 10.1. The van der Waals surface area contributed by atoms with E-state index < -0.39 is 0 Å². The number of hydrogen-bond donors (Lipinski definition) is 1. The molecule has 0 spiro atoms. The van der Waals surface area contributed by atoms with Crippen LogP contribution in [0.3, 0.4) is 0 Å². The van der Waals surface area contributed by atoms with Gasteiger partial charge in [-0.3, -0.25) is 0 Å². The Labute approximate surface area is 101 Å². The SMILES string of the molecule is Cc1cccc(NC(C)c2ccccc2F)n1. The highest BCUT2D eigenvalue weighted by Gasteiger charge is 2.10. The second kappa shape index (κ2) is 4.95. The van der Waals surface area contributed by atoms with Crippen LogP contribution in [0.5, 0.6) is 0 Å². The van der Waals surface area contributed by atoms with Gasteiger partial charge in [0.1, 0.15) is 11.6 Å². The van der Waals surface area contributed by atoms with Gasteiger partial charge in [0.25, 0.3) is 0 Å². The first-order valence-corrected chi connectivity index (χ1v) is 5.61. The molecule has 17 heavy (non-hydrogen) atoms. The fourth-order valence-corrected chi connectivity index (χ4v) is 1.75. The first-order chi connectivity index (χ1) is 8.16. The number of hydrogen-bond acceptors (Lipinski definition) is 2. The van der Waals surface area contributed by atoms with E-state index in [4.69, 9.17) is 0 Å². The molecule has 1 unspecified atom stereocenters. The molecular formula is C14H15FN2. The van der Waals surface area contributed by atoms with Gasteiger partial charge in [-0.15, -0.1) is 0 Å². The van der Waals surface area contributed by atoms with Crippen molar-refractivity contribution < 1.29 is 4.39 Å². The molecule has 0 aliphatic rings. The van der Waals surface area contributed by atoms with Crippen molar-refractivity contribution >= 4 is 5.82 Å². The fourth-order valence-electron chi connectivity index (χ4n) is 1.75. The van der Waals surface area contributed by atoms with E-state index in [9.17, 15) is 4.39 Å². The Kier molecular flexibility index (Phi) is 3.38. The van der Waals surface area contributed by atoms with Crippen molar-refractivity contribution in [1.82, 2.24) is 4.98 Å². The van der Waals surface area contributed by atoms with E-state index in [0.717, 1.165) is 11.5 Å². The van der Waals surface area contributed by atoms with Gasteiger partial charge in [-0.1, -0.05) is 24.3 Å². The van der Waals surface area contributed by atoms with Crippen LogP contribution in [0.2, 0.25) is 0 Å². The van der Waals surface area contributed by atoms with Crippen LogP contribution in [0.15, 0.2) is 42.5 Å². The molecule has 1 heterocycles. The summed E-state index contributed by atoms with van der Waals surface area (Å²) >= 11 is 0. The summed E-state index contributed by atoms with van der Waals surface area (Å²) in [4.78, 5) is 4.33. The van der Waals surface area contributed by atoms with E-state index in [1.165, 1.54) is 6.07 Å². The Morgan fingerprint density at radius 3 is 2.59 bits per heavy atom. The van der Waals surface area contributed by atoms with E-state index >= 15 is 0 Å². The molecule has 2 nitrogen and oxygen atoms in total. The van der Waals surface area contributed by atoms with Crippen molar-refractivity contribution in [3.63, 3.8) is 0 Å². The zero-order chi connectivity index (χ0) is 12.3. The van der Waals surface area contributed by atoms with Crippen LogP contribution in [0.1, 0.15) is 24.2 Å². The van der Waals surface area contributed by atoms with Crippen LogP contribution >= 0.6 is 0 Å². The van der Waals surface area contributed by atoms with E-state index in [2.05, 4.69) is 10.3 Å². The largest absolute Gasteiger partial charge is 0.363 e. The highest BCUT2D eigenvalue weighted by atomic mass is 19.1. The highest BCUT2D eigenvalue weighted by Crippen LogP contribution is 2.20. The number of rotatable bonds is 3. The van der Waals surface area contributed by atoms with Crippen molar-refractivity contribution in [3.05, 3.63) is 59.5 Å². The topological polar surface area (TPSA) is 24.9 Å². The van der Waals surface area contributed by atoms with Crippen LogP contribution in [0.4, 0.5) is 10.2 Å². The molecule has 0 aliphatic carbocycles. The lowest BCUT2D eigenvalue weighted by Gasteiger charge is -2.15. The van der Waals surface area contributed by atoms with Gasteiger partial charge in [0.2, 0.25) is 0 Å². The predicted molar refractivity (Wildman–Crippen MR) is 67.4 cm³/mol. The first kappa shape index (κ1) is 11.6. The van der Waals surface area contributed by atoms with Gasteiger partial charge in [0, 0.05) is 11.3 Å². The first-order valence-electron chi connectivity index (χ1n) is 5.61. The zero-order valence-corrected chi connectivity index (χ0v) is 9.94. The number of nitrogens with one attached hydrogen (secondary N) is 1. The average Bonchev–Trinajstić information content (AvgIpc) is 2.29. The molecule has 0 aliphatic heterocycles. The van der Waals surface area contributed by atoms with Gasteiger partial charge in [-0.25, -0.2) is 9.37 Å². The molecular weight excluding hydrogens is 215 g/mol. The molecule has 1 atom stereocenters. The summed E-state index contributed by atoms with van der Waals surface area (Å²) in [6.45, 7) is 3.85. The summed E-state index contributed by atoms with van der Waals surface area (Å²) in [7, 11) is 0. The second-order valence-electron chi connectivity index (χ2n) is 4.05. The number of anilines is 1. The highest BCUT2D eigenvalue weighted by molar-refractivity contribution is 5.39. The van der Waals surface area contributed by atoms with Gasteiger partial charge in [0.15, 0.2) is 0 Å². The summed E-state index contributed by atoms with van der Waals surface area (Å²) < 4.78 is 13.6. The maximum absolute atomic E-state index is 13.6. The zero-order valence-electron chi connectivity index (χ0n) is 9.94. The summed E-state index contributed by atoms with van der Waals surface area (Å²) in [5.74, 6) is 0.570. The molecule has 1 aromatic carbocycles. The molecule has 3 heteroatoms. The lowest BCUT2D eigenvalue weighted by molar-refractivity contribution is 0.600. The molecule has 0 saturated carbocycles. The molecule has 0 saturated heterocycles. The number of pyridine rings is 1. The van der Waals surface area contributed by atoms with Crippen LogP contribution in [0.25, 0.3) is 0 Å². The van der Waals surface area contributed by atoms with Crippen LogP contribution in [0, 0.1) is 12.7 Å². The quantitative estimate of drug-likeness (QED) is 0.869. The number of benzene rings is 1. The van der Waals surface area contributed by atoms with Crippen molar-refractivity contribution in [1.29, 1.82) is 0 Å². The summed E-state index contributed by atoms with van der Waals surface area (Å²) in [5.41, 5.74) is 1.59. The molecule has 0 fully saturated rings. The van der Waals surface area contributed by atoms with Gasteiger partial charge in [0.05, 0.1) is 6.04 Å².